The maximum Gasteiger partial charge on any atom is 0.203 e. The molecule has 1 saturated heterocycles. The lowest BCUT2D eigenvalue weighted by Gasteiger charge is -2.36. The number of aliphatic hydroxyl groups is 1. The zero-order valence-electron chi connectivity index (χ0n) is 19.2. The number of piperazine rings is 1. The second-order valence-corrected chi connectivity index (χ2v) is 7.48. The van der Waals surface area contributed by atoms with E-state index >= 15 is 0 Å². The molecule has 1 aliphatic heterocycles. The number of nitrogens with zero attached hydrogens (tertiary/aromatic N) is 2. The fourth-order valence-corrected chi connectivity index (χ4v) is 3.71. The van der Waals surface area contributed by atoms with Crippen LogP contribution in [0.4, 0.5) is 10.1 Å². The van der Waals surface area contributed by atoms with Gasteiger partial charge in [0.15, 0.2) is 11.5 Å². The molecule has 0 saturated carbocycles. The molecular weight excluding hydrogens is 470 g/mol. The number of hydrogen-bond donors (Lipinski definition) is 1. The second-order valence-electron chi connectivity index (χ2n) is 7.48. The summed E-state index contributed by atoms with van der Waals surface area (Å²) in [5, 5.41) is 10.4. The number of hydrogen-bond acceptors (Lipinski definition) is 6. The van der Waals surface area contributed by atoms with Gasteiger partial charge < -0.3 is 24.2 Å². The highest BCUT2D eigenvalue weighted by Crippen LogP contribution is 2.38. The van der Waals surface area contributed by atoms with Crippen molar-refractivity contribution in [3.05, 3.63) is 53.9 Å². The Hall–Kier alpha value is -2.19. The van der Waals surface area contributed by atoms with Crippen molar-refractivity contribution in [2.45, 2.75) is 12.5 Å². The Kier molecular flexibility index (Phi) is 12.4. The topological polar surface area (TPSA) is 54.4 Å². The number of benzene rings is 2. The van der Waals surface area contributed by atoms with Crippen molar-refractivity contribution in [3.8, 4) is 17.2 Å². The van der Waals surface area contributed by atoms with Gasteiger partial charge in [0, 0.05) is 38.4 Å². The molecule has 1 aliphatic rings. The summed E-state index contributed by atoms with van der Waals surface area (Å²) in [6.07, 6.45) is 3.75. The minimum absolute atomic E-state index is 0. The Bertz CT molecular complexity index is 850. The van der Waals surface area contributed by atoms with Crippen molar-refractivity contribution in [1.82, 2.24) is 4.90 Å². The fraction of sp³-hybridized carbons (Fsp3) is 0.417. The van der Waals surface area contributed by atoms with Crippen LogP contribution in [0.25, 0.3) is 6.08 Å². The van der Waals surface area contributed by atoms with Crippen molar-refractivity contribution in [2.75, 3.05) is 59.0 Å². The smallest absolute Gasteiger partial charge is 0.203 e. The van der Waals surface area contributed by atoms with Crippen LogP contribution in [0, 0.1) is 5.82 Å². The minimum Gasteiger partial charge on any atom is -0.493 e. The van der Waals surface area contributed by atoms with Crippen LogP contribution >= 0.6 is 24.8 Å². The summed E-state index contributed by atoms with van der Waals surface area (Å²) in [5.74, 6) is 1.49. The summed E-state index contributed by atoms with van der Waals surface area (Å²) >= 11 is 0. The molecule has 2 aromatic carbocycles. The van der Waals surface area contributed by atoms with E-state index in [0.29, 0.717) is 23.7 Å². The molecule has 1 heterocycles. The Labute approximate surface area is 207 Å². The Morgan fingerprint density at radius 3 is 2.03 bits per heavy atom. The highest BCUT2D eigenvalue weighted by atomic mass is 35.5. The zero-order chi connectivity index (χ0) is 22.2. The zero-order valence-corrected chi connectivity index (χ0v) is 20.8. The van der Waals surface area contributed by atoms with Gasteiger partial charge in [0.2, 0.25) is 5.75 Å². The minimum atomic E-state index is -0.547. The van der Waals surface area contributed by atoms with E-state index in [4.69, 9.17) is 14.2 Å². The number of aliphatic hydroxyl groups excluding tert-OH is 1. The third-order valence-corrected chi connectivity index (χ3v) is 5.50. The average Bonchev–Trinajstić information content (AvgIpc) is 2.81. The van der Waals surface area contributed by atoms with Crippen molar-refractivity contribution >= 4 is 36.6 Å². The van der Waals surface area contributed by atoms with Crippen molar-refractivity contribution < 1.29 is 23.7 Å². The first-order chi connectivity index (χ1) is 15.0. The van der Waals surface area contributed by atoms with Crippen LogP contribution in [-0.2, 0) is 0 Å². The first-order valence-electron chi connectivity index (χ1n) is 10.4. The molecule has 0 radical (unpaired) electrons. The molecule has 9 heteroatoms. The molecule has 184 valence electrons. The highest BCUT2D eigenvalue weighted by Gasteiger charge is 2.18. The standard InChI is InChI=1S/C24H31FN2O4.2ClH/c1-29-22-16-18(17-23(30-2)24(22)31-3)4-9-21(28)10-11-26-12-14-27(15-13-26)20-7-5-19(25)6-8-20;;/h4-9,16-17,21,28H,10-15H2,1-3H3;2*1H/b9-4+;;. The second kappa shape index (κ2) is 14.2. The van der Waals surface area contributed by atoms with E-state index in [1.807, 2.05) is 30.3 Å². The van der Waals surface area contributed by atoms with Gasteiger partial charge >= 0.3 is 0 Å². The number of rotatable bonds is 9. The monoisotopic (exact) mass is 502 g/mol. The summed E-state index contributed by atoms with van der Waals surface area (Å²) in [7, 11) is 4.73. The van der Waals surface area contributed by atoms with Crippen LogP contribution in [0.1, 0.15) is 12.0 Å². The molecule has 0 aromatic heterocycles. The lowest BCUT2D eigenvalue weighted by Crippen LogP contribution is -2.47. The Morgan fingerprint density at radius 2 is 1.52 bits per heavy atom. The van der Waals surface area contributed by atoms with Crippen LogP contribution in [0.3, 0.4) is 0 Å². The predicted octanol–water partition coefficient (Wildman–Crippen LogP) is 4.28. The van der Waals surface area contributed by atoms with Gasteiger partial charge in [-0.2, -0.15) is 0 Å². The third-order valence-electron chi connectivity index (χ3n) is 5.50. The number of anilines is 1. The van der Waals surface area contributed by atoms with Crippen LogP contribution in [0.2, 0.25) is 0 Å². The molecule has 1 fully saturated rings. The van der Waals surface area contributed by atoms with E-state index in [-0.39, 0.29) is 30.6 Å². The summed E-state index contributed by atoms with van der Waals surface area (Å²) in [5.41, 5.74) is 1.91. The summed E-state index contributed by atoms with van der Waals surface area (Å²) in [4.78, 5) is 4.60. The molecule has 0 spiro atoms. The third kappa shape index (κ3) is 7.96. The number of methoxy groups -OCH3 is 3. The first-order valence-corrected chi connectivity index (χ1v) is 10.4. The molecule has 0 bridgehead atoms. The van der Waals surface area contributed by atoms with Crippen molar-refractivity contribution in [2.24, 2.45) is 0 Å². The van der Waals surface area contributed by atoms with E-state index in [9.17, 15) is 9.50 Å². The van der Waals surface area contributed by atoms with Gasteiger partial charge in [0.1, 0.15) is 5.82 Å². The number of ether oxygens (including phenoxy) is 3. The average molecular weight is 503 g/mol. The first kappa shape index (κ1) is 28.8. The van der Waals surface area contributed by atoms with Crippen molar-refractivity contribution in [3.63, 3.8) is 0 Å². The van der Waals surface area contributed by atoms with Gasteiger partial charge in [-0.15, -0.1) is 24.8 Å². The molecule has 33 heavy (non-hydrogen) atoms. The fourth-order valence-electron chi connectivity index (χ4n) is 3.71. The Morgan fingerprint density at radius 1 is 0.939 bits per heavy atom. The molecular formula is C24H33Cl2FN2O4. The summed E-state index contributed by atoms with van der Waals surface area (Å²) in [6, 6.07) is 10.3. The molecule has 1 N–H and O–H groups in total. The van der Waals surface area contributed by atoms with E-state index in [1.165, 1.54) is 12.1 Å². The lowest BCUT2D eigenvalue weighted by atomic mass is 10.1. The molecule has 0 aliphatic carbocycles. The molecule has 1 atom stereocenters. The van der Waals surface area contributed by atoms with Crippen molar-refractivity contribution in [1.29, 1.82) is 0 Å². The molecule has 0 amide bonds. The predicted molar refractivity (Wildman–Crippen MR) is 135 cm³/mol. The van der Waals surface area contributed by atoms with Crippen LogP contribution in [0.15, 0.2) is 42.5 Å². The number of halogens is 3. The van der Waals surface area contributed by atoms with Gasteiger partial charge in [0.05, 0.1) is 27.4 Å². The molecule has 2 aromatic rings. The van der Waals surface area contributed by atoms with E-state index in [1.54, 1.807) is 27.4 Å². The largest absolute Gasteiger partial charge is 0.493 e. The summed E-state index contributed by atoms with van der Waals surface area (Å²) in [6.45, 7) is 4.44. The SMILES string of the molecule is COc1cc(/C=C/C(O)CCN2CCN(c3ccc(F)cc3)CC2)cc(OC)c1OC.Cl.Cl. The normalized spacial score (nSPS) is 14.9. The molecule has 6 nitrogen and oxygen atoms in total. The molecule has 1 unspecified atom stereocenters. The van der Waals surface area contributed by atoms with Gasteiger partial charge in [-0.05, 0) is 48.4 Å². The van der Waals surface area contributed by atoms with Crippen LogP contribution in [0.5, 0.6) is 17.2 Å². The van der Waals surface area contributed by atoms with Crippen LogP contribution in [-0.4, -0.2) is 70.2 Å². The van der Waals surface area contributed by atoms with Gasteiger partial charge in [-0.25, -0.2) is 4.39 Å². The van der Waals surface area contributed by atoms with Gasteiger partial charge in [-0.1, -0.05) is 12.2 Å². The Balaban J connectivity index is 0.00000272. The van der Waals surface area contributed by atoms with Gasteiger partial charge in [-0.3, -0.25) is 4.90 Å². The maximum absolute atomic E-state index is 13.1. The van der Waals surface area contributed by atoms with E-state index < -0.39 is 6.10 Å². The van der Waals surface area contributed by atoms with Gasteiger partial charge in [0.25, 0.3) is 0 Å². The molecule has 3 rings (SSSR count). The van der Waals surface area contributed by atoms with Crippen LogP contribution < -0.4 is 19.1 Å². The van der Waals surface area contributed by atoms with E-state index in [0.717, 1.165) is 44.0 Å². The highest BCUT2D eigenvalue weighted by molar-refractivity contribution is 5.85. The maximum atomic E-state index is 13.1. The quantitative estimate of drug-likeness (QED) is 0.552. The lowest BCUT2D eigenvalue weighted by molar-refractivity contribution is 0.174. The summed E-state index contributed by atoms with van der Waals surface area (Å²) < 4.78 is 29.2. The van der Waals surface area contributed by atoms with E-state index in [2.05, 4.69) is 9.80 Å².